The number of hydrogen-bond acceptors (Lipinski definition) is 15. The Balaban J connectivity index is 1.06. The highest BCUT2D eigenvalue weighted by atomic mass is 35.5. The van der Waals surface area contributed by atoms with Gasteiger partial charge in [0.05, 0.1) is 68.0 Å². The number of oxazole rings is 2. The van der Waals surface area contributed by atoms with Gasteiger partial charge in [-0.15, -0.1) is 0 Å². The van der Waals surface area contributed by atoms with Crippen LogP contribution in [0.4, 0.5) is 0 Å². The number of hydrogen-bond donors (Lipinski definition) is 2. The van der Waals surface area contributed by atoms with E-state index in [4.69, 9.17) is 63.3 Å². The van der Waals surface area contributed by atoms with Crippen molar-refractivity contribution in [1.29, 1.82) is 0 Å². The minimum atomic E-state index is -1.73. The lowest BCUT2D eigenvalue weighted by molar-refractivity contribution is -0.286. The number of aliphatic hydroxyl groups is 2. The lowest BCUT2D eigenvalue weighted by Crippen LogP contribution is -2.51. The third-order valence-corrected chi connectivity index (χ3v) is 13.6. The summed E-state index contributed by atoms with van der Waals surface area (Å²) in [4.78, 5) is 22.9. The zero-order chi connectivity index (χ0) is 48.4. The lowest BCUT2D eigenvalue weighted by Gasteiger charge is -2.44. The molecule has 8 bridgehead atoms. The molecule has 68 heavy (non-hydrogen) atoms. The first kappa shape index (κ1) is 51.8. The highest BCUT2D eigenvalue weighted by Crippen LogP contribution is 2.39. The molecule has 0 saturated carbocycles. The Bertz CT molecular complexity index is 2180. The van der Waals surface area contributed by atoms with E-state index in [1.165, 1.54) is 17.9 Å². The highest BCUT2D eigenvalue weighted by molar-refractivity contribution is 6.25. The monoisotopic (exact) mass is 964 g/mol. The molecule has 16 heteroatoms. The maximum absolute atomic E-state index is 13.5. The summed E-state index contributed by atoms with van der Waals surface area (Å²) < 4.78 is 61.0. The fourth-order valence-electron chi connectivity index (χ4n) is 9.90. The number of ether oxygens (including phenoxy) is 8. The minimum Gasteiger partial charge on any atom is -0.458 e. The van der Waals surface area contributed by atoms with Gasteiger partial charge < -0.3 is 56.9 Å². The van der Waals surface area contributed by atoms with Gasteiger partial charge in [0, 0.05) is 56.9 Å². The molecule has 5 aliphatic heterocycles. The summed E-state index contributed by atoms with van der Waals surface area (Å²) in [6, 6.07) is 0. The third-order valence-electron chi connectivity index (χ3n) is 13.4. The fourth-order valence-corrected chi connectivity index (χ4v) is 10.0. The molecule has 0 radical (unpaired) electrons. The molecule has 0 spiro atoms. The maximum Gasteiger partial charge on any atom is 0.330 e. The first-order valence-corrected chi connectivity index (χ1v) is 24.3. The maximum atomic E-state index is 13.5. The molecule has 7 rings (SSSR count). The van der Waals surface area contributed by atoms with Crippen molar-refractivity contribution in [3.63, 3.8) is 0 Å². The van der Waals surface area contributed by atoms with Gasteiger partial charge in [-0.1, -0.05) is 79.6 Å². The van der Waals surface area contributed by atoms with Gasteiger partial charge in [0.1, 0.15) is 30.0 Å². The van der Waals surface area contributed by atoms with E-state index in [0.717, 1.165) is 29.6 Å². The molecule has 15 nitrogen and oxygen atoms in total. The number of methoxy groups -OCH3 is 2. The van der Waals surface area contributed by atoms with Gasteiger partial charge in [-0.25, -0.2) is 14.8 Å². The standard InChI is InChI=1S/C52H69ClN2O13/c1-31(16-17-37(59-6)12-10-19-53)23-43(56)45-26-41(60-7)27-52(58,68-45)28-47-54-36(29-62-47)24-33(3)49-35(5)50-34(4)44(66-49)13-9-14-46-55-42(30-63-46)51-61-20-18-39(65-51)25-40-22-32(2)21-38(64-40)11-8-15-48(57)67-50/h8-10,14-17,19,23-24,29-30,34-35,37-41,43-45,49-51,56,58H,2,11-13,18,20-22,25-28H2,1,3-7H3/b14-9+,15-8-,17-16+,19-10+,31-23+,33-24+/t34-,35-,37+,38-,39-,40+,41+,43+,44+,45+,49-,50-,51-,52-/m0/s1. The number of aliphatic hydroxyl groups excluding tert-OH is 1. The molecule has 5 aliphatic rings. The van der Waals surface area contributed by atoms with Crippen LogP contribution in [0.15, 0.2) is 92.7 Å². The topological polar surface area (TPSA) is 183 Å². The first-order chi connectivity index (χ1) is 32.7. The molecule has 7 heterocycles. The van der Waals surface area contributed by atoms with E-state index in [0.29, 0.717) is 62.4 Å². The third kappa shape index (κ3) is 14.1. The molecule has 0 amide bonds. The Labute approximate surface area is 404 Å². The average molecular weight is 966 g/mol. The fraction of sp³-hybridized carbons (Fsp3) is 0.596. The summed E-state index contributed by atoms with van der Waals surface area (Å²) in [6.45, 7) is 12.7. The van der Waals surface area contributed by atoms with Crippen LogP contribution in [-0.4, -0.2) is 114 Å². The zero-order valence-electron chi connectivity index (χ0n) is 40.1. The van der Waals surface area contributed by atoms with Crippen molar-refractivity contribution in [1.82, 2.24) is 9.97 Å². The number of halogens is 1. The van der Waals surface area contributed by atoms with Crippen LogP contribution in [0.25, 0.3) is 12.2 Å². The Morgan fingerprint density at radius 2 is 1.82 bits per heavy atom. The van der Waals surface area contributed by atoms with E-state index in [9.17, 15) is 15.0 Å². The van der Waals surface area contributed by atoms with E-state index in [1.54, 1.807) is 38.7 Å². The van der Waals surface area contributed by atoms with Gasteiger partial charge >= 0.3 is 5.97 Å². The van der Waals surface area contributed by atoms with Gasteiger partial charge in [-0.2, -0.15) is 0 Å². The molecule has 2 N–H and O–H groups in total. The van der Waals surface area contributed by atoms with E-state index in [2.05, 4.69) is 11.6 Å². The predicted molar refractivity (Wildman–Crippen MR) is 254 cm³/mol. The minimum absolute atomic E-state index is 0.0613. The van der Waals surface area contributed by atoms with E-state index in [-0.39, 0.29) is 61.1 Å². The number of allylic oxidation sites excluding steroid dienone is 2. The smallest absolute Gasteiger partial charge is 0.330 e. The van der Waals surface area contributed by atoms with Crippen molar-refractivity contribution in [3.05, 3.63) is 107 Å². The normalized spacial score (nSPS) is 35.4. The van der Waals surface area contributed by atoms with Crippen molar-refractivity contribution >= 4 is 29.7 Å². The zero-order valence-corrected chi connectivity index (χ0v) is 40.8. The second kappa shape index (κ2) is 24.2. The Kier molecular flexibility index (Phi) is 18.5. The van der Waals surface area contributed by atoms with Gasteiger partial charge in [-0.05, 0) is 70.1 Å². The molecule has 0 aliphatic carbocycles. The summed E-state index contributed by atoms with van der Waals surface area (Å²) in [5, 5.41) is 23.0. The lowest BCUT2D eigenvalue weighted by atomic mass is 9.79. The van der Waals surface area contributed by atoms with Crippen molar-refractivity contribution in [2.45, 2.75) is 165 Å². The largest absolute Gasteiger partial charge is 0.458 e. The molecule has 0 aromatic carbocycles. The van der Waals surface area contributed by atoms with Crippen molar-refractivity contribution in [2.24, 2.45) is 11.8 Å². The number of esters is 1. The Hall–Kier alpha value is -4.00. The van der Waals surface area contributed by atoms with Crippen LogP contribution in [-0.2, 0) is 49.1 Å². The SMILES string of the molecule is C=C1C[C@@H]2C[C@@H]3CCO[C@@H](O3)c3coc(n3)/C=C/C[C@H]3O[C@@H](/C(C)=C/c4coc(C[C@]5(O)C[C@H](OC)C[C@H]([C@H](O)/C=C(C)/C=C/[C@@H](C/C=C/Cl)OC)O5)n4)[C@H](C)[C@@H](OC(=O)/C=C\C[C@@H](C1)O2)[C@H]3C. The summed E-state index contributed by atoms with van der Waals surface area (Å²) in [5.41, 5.74) is 5.27. The van der Waals surface area contributed by atoms with E-state index in [1.807, 2.05) is 58.1 Å². The van der Waals surface area contributed by atoms with Crippen LogP contribution in [0.3, 0.4) is 0 Å². The summed E-state index contributed by atoms with van der Waals surface area (Å²) >= 11 is 5.68. The molecule has 2 aromatic rings. The molecular weight excluding hydrogens is 896 g/mol. The van der Waals surface area contributed by atoms with E-state index < -0.39 is 48.6 Å². The van der Waals surface area contributed by atoms with Crippen LogP contribution >= 0.6 is 11.6 Å². The number of carbonyl (C=O) groups is 1. The Morgan fingerprint density at radius 3 is 2.62 bits per heavy atom. The van der Waals surface area contributed by atoms with Gasteiger partial charge in [-0.3, -0.25) is 0 Å². The molecule has 14 atom stereocenters. The van der Waals surface area contributed by atoms with Crippen molar-refractivity contribution in [3.8, 4) is 0 Å². The number of nitrogens with zero attached hydrogens (tertiary/aromatic N) is 2. The van der Waals surface area contributed by atoms with Crippen LogP contribution < -0.4 is 0 Å². The molecular formula is C52H69ClN2O13. The number of aromatic nitrogens is 2. The van der Waals surface area contributed by atoms with Gasteiger partial charge in [0.15, 0.2) is 11.7 Å². The van der Waals surface area contributed by atoms with Crippen LogP contribution in [0, 0.1) is 11.8 Å². The van der Waals surface area contributed by atoms with Crippen LogP contribution in [0.5, 0.6) is 0 Å². The molecule has 372 valence electrons. The van der Waals surface area contributed by atoms with Crippen molar-refractivity contribution in [2.75, 3.05) is 20.8 Å². The number of fused-ring (bicyclic) bond motifs is 9. The molecule has 4 saturated heterocycles. The first-order valence-electron chi connectivity index (χ1n) is 23.8. The number of rotatable bonds is 12. The Morgan fingerprint density at radius 1 is 1.01 bits per heavy atom. The molecule has 2 aromatic heterocycles. The van der Waals surface area contributed by atoms with Crippen molar-refractivity contribution < 1.29 is 61.7 Å². The average Bonchev–Trinajstić information content (AvgIpc) is 3.97. The predicted octanol–water partition coefficient (Wildman–Crippen LogP) is 8.82. The van der Waals surface area contributed by atoms with Gasteiger partial charge in [0.2, 0.25) is 12.2 Å². The summed E-state index contributed by atoms with van der Waals surface area (Å²) in [7, 11) is 3.19. The van der Waals surface area contributed by atoms with Crippen LogP contribution in [0.2, 0.25) is 0 Å². The number of carbonyl (C=O) groups excluding carboxylic acids is 1. The van der Waals surface area contributed by atoms with E-state index >= 15 is 0 Å². The molecule has 0 unspecified atom stereocenters. The van der Waals surface area contributed by atoms with Crippen LogP contribution in [0.1, 0.15) is 115 Å². The molecule has 4 fully saturated rings. The summed E-state index contributed by atoms with van der Waals surface area (Å²) in [6.07, 6.45) is 19.7. The second-order valence-electron chi connectivity index (χ2n) is 18.9. The highest BCUT2D eigenvalue weighted by Gasteiger charge is 2.45. The summed E-state index contributed by atoms with van der Waals surface area (Å²) in [5.74, 6) is -1.92. The quantitative estimate of drug-likeness (QED) is 0.117. The van der Waals surface area contributed by atoms with Gasteiger partial charge in [0.25, 0.3) is 0 Å². The second-order valence-corrected chi connectivity index (χ2v) is 19.1.